The van der Waals surface area contributed by atoms with Crippen molar-refractivity contribution in [1.29, 1.82) is 0 Å². The molecule has 0 aromatic heterocycles. The molecule has 38 heavy (non-hydrogen) atoms. The van der Waals surface area contributed by atoms with Crippen LogP contribution in [0.5, 0.6) is 0 Å². The Morgan fingerprint density at radius 3 is 2.11 bits per heavy atom. The zero-order chi connectivity index (χ0) is 27.1. The number of nitrogens with one attached hydrogen (secondary N) is 1. The van der Waals surface area contributed by atoms with Gasteiger partial charge in [-0.05, 0) is 73.1 Å². The molecule has 5 nitrogen and oxygen atoms in total. The van der Waals surface area contributed by atoms with E-state index in [0.717, 1.165) is 16.7 Å². The normalized spacial score (nSPS) is 17.7. The number of ether oxygens (including phenoxy) is 1. The monoisotopic (exact) mass is 549 g/mol. The van der Waals surface area contributed by atoms with E-state index >= 15 is 0 Å². The fourth-order valence-electron chi connectivity index (χ4n) is 4.84. The van der Waals surface area contributed by atoms with Gasteiger partial charge in [0.05, 0.1) is 11.2 Å². The predicted octanol–water partition coefficient (Wildman–Crippen LogP) is 7.55. The van der Waals surface area contributed by atoms with Crippen LogP contribution in [0, 0.1) is 0 Å². The highest BCUT2D eigenvalue weighted by molar-refractivity contribution is 6.56. The van der Waals surface area contributed by atoms with Gasteiger partial charge in [-0.2, -0.15) is 0 Å². The summed E-state index contributed by atoms with van der Waals surface area (Å²) in [5.74, 6) is -0.0147. The van der Waals surface area contributed by atoms with E-state index in [1.165, 1.54) is 11.1 Å². The molecule has 0 radical (unpaired) electrons. The molecule has 1 N–H and O–H groups in total. The lowest BCUT2D eigenvalue weighted by Gasteiger charge is -2.32. The largest absolute Gasteiger partial charge is 0.492 e. The maximum atomic E-state index is 12.9. The summed E-state index contributed by atoms with van der Waals surface area (Å²) in [6, 6.07) is 21.8. The maximum Gasteiger partial charge on any atom is 0.492 e. The van der Waals surface area contributed by atoms with Gasteiger partial charge in [0.2, 0.25) is 0 Å². The Kier molecular flexibility index (Phi) is 7.36. The summed E-state index contributed by atoms with van der Waals surface area (Å²) in [7, 11) is -0.666. The number of carbonyl (C=O) groups is 1. The lowest BCUT2D eigenvalue weighted by molar-refractivity contribution is 0.00578. The lowest BCUT2D eigenvalue weighted by atomic mass is 9.77. The van der Waals surface area contributed by atoms with Crippen LogP contribution in [0.25, 0.3) is 17.2 Å². The van der Waals surface area contributed by atoms with Gasteiger partial charge in [0.25, 0.3) is 0 Å². The Labute approximate surface area is 234 Å². The van der Waals surface area contributed by atoms with Crippen LogP contribution in [0.15, 0.2) is 72.2 Å². The van der Waals surface area contributed by atoms with Crippen molar-refractivity contribution >= 4 is 42.5 Å². The molecule has 1 aliphatic carbocycles. The van der Waals surface area contributed by atoms with E-state index in [0.29, 0.717) is 15.5 Å². The van der Waals surface area contributed by atoms with Crippen LogP contribution in [0.4, 0.5) is 4.79 Å². The molecule has 196 valence electrons. The summed E-state index contributed by atoms with van der Waals surface area (Å²) in [4.78, 5) is 12.9. The third-order valence-corrected chi connectivity index (χ3v) is 8.20. The van der Waals surface area contributed by atoms with Crippen molar-refractivity contribution in [3.05, 3.63) is 98.9 Å². The standard InChI is InChI=1S/C30H30BCl2NO4/c1-29(2)30(3,4)38-31(37-29)20(15-19-13-14-21(32)16-27(19)33)17-34-28(35)36-18-26-24-11-7-5-9-22(24)23-10-6-8-12-25(23)26/h5-16,26H,17-18H2,1-4H3,(H,34,35). The minimum absolute atomic E-state index is 0.0147. The molecule has 1 aliphatic heterocycles. The summed E-state index contributed by atoms with van der Waals surface area (Å²) in [6.07, 6.45) is 1.35. The minimum Gasteiger partial charge on any atom is -0.449 e. The van der Waals surface area contributed by atoms with Crippen LogP contribution < -0.4 is 5.32 Å². The first kappa shape index (κ1) is 26.8. The zero-order valence-corrected chi connectivity index (χ0v) is 23.4. The Bertz CT molecular complexity index is 1340. The Morgan fingerprint density at radius 1 is 0.947 bits per heavy atom. The molecule has 0 saturated carbocycles. The van der Waals surface area contributed by atoms with Gasteiger partial charge in [-0.15, -0.1) is 0 Å². The minimum atomic E-state index is -0.666. The van der Waals surface area contributed by atoms with Gasteiger partial charge in [-0.25, -0.2) is 4.79 Å². The van der Waals surface area contributed by atoms with Gasteiger partial charge in [0.1, 0.15) is 6.61 Å². The number of hydrogen-bond donors (Lipinski definition) is 1. The highest BCUT2D eigenvalue weighted by atomic mass is 35.5. The van der Waals surface area contributed by atoms with Crippen LogP contribution in [0.2, 0.25) is 10.0 Å². The zero-order valence-electron chi connectivity index (χ0n) is 21.9. The van der Waals surface area contributed by atoms with E-state index in [9.17, 15) is 4.79 Å². The third kappa shape index (κ3) is 5.23. The van der Waals surface area contributed by atoms with Crippen molar-refractivity contribution in [2.75, 3.05) is 13.2 Å². The topological polar surface area (TPSA) is 56.8 Å². The van der Waals surface area contributed by atoms with Crippen LogP contribution in [-0.2, 0) is 14.0 Å². The molecule has 1 fully saturated rings. The van der Waals surface area contributed by atoms with Gasteiger partial charge < -0.3 is 19.4 Å². The van der Waals surface area contributed by atoms with Crippen molar-refractivity contribution in [1.82, 2.24) is 5.32 Å². The summed E-state index contributed by atoms with van der Waals surface area (Å²) in [5, 5.41) is 3.91. The molecule has 1 amide bonds. The van der Waals surface area contributed by atoms with Gasteiger partial charge in [-0.1, -0.05) is 83.9 Å². The van der Waals surface area contributed by atoms with Crippen LogP contribution in [0.1, 0.15) is 50.3 Å². The Balaban J connectivity index is 1.31. The molecular weight excluding hydrogens is 520 g/mol. The second-order valence-electron chi connectivity index (χ2n) is 10.7. The number of alkyl carbamates (subject to hydrolysis) is 1. The average Bonchev–Trinajstić information content (AvgIpc) is 3.30. The van der Waals surface area contributed by atoms with E-state index in [-0.39, 0.29) is 19.1 Å². The van der Waals surface area contributed by atoms with Crippen molar-refractivity contribution in [3.8, 4) is 11.1 Å². The summed E-state index contributed by atoms with van der Waals surface area (Å²) < 4.78 is 18.2. The van der Waals surface area contributed by atoms with Crippen molar-refractivity contribution in [2.45, 2.75) is 44.8 Å². The van der Waals surface area contributed by atoms with E-state index in [4.69, 9.17) is 37.2 Å². The summed E-state index contributed by atoms with van der Waals surface area (Å²) >= 11 is 12.5. The fraction of sp³-hybridized carbons (Fsp3) is 0.300. The summed E-state index contributed by atoms with van der Waals surface area (Å²) in [5.41, 5.74) is 5.07. The molecule has 8 heteroatoms. The van der Waals surface area contributed by atoms with E-state index in [1.807, 2.05) is 64.1 Å². The molecule has 1 heterocycles. The molecule has 3 aromatic rings. The number of amides is 1. The number of hydrogen-bond acceptors (Lipinski definition) is 4. The second-order valence-corrected chi connectivity index (χ2v) is 11.5. The van der Waals surface area contributed by atoms with E-state index in [2.05, 4.69) is 29.6 Å². The molecule has 0 spiro atoms. The molecule has 3 aromatic carbocycles. The van der Waals surface area contributed by atoms with Gasteiger partial charge in [0, 0.05) is 22.5 Å². The fourth-order valence-corrected chi connectivity index (χ4v) is 5.30. The third-order valence-electron chi connectivity index (χ3n) is 7.64. The predicted molar refractivity (Wildman–Crippen MR) is 154 cm³/mol. The molecule has 0 atom stereocenters. The van der Waals surface area contributed by atoms with Crippen molar-refractivity contribution in [3.63, 3.8) is 0 Å². The smallest absolute Gasteiger partial charge is 0.449 e. The van der Waals surface area contributed by atoms with Crippen LogP contribution in [-0.4, -0.2) is 37.6 Å². The second kappa shape index (κ2) is 10.4. The number of halogens is 2. The molecule has 1 saturated heterocycles. The van der Waals surface area contributed by atoms with Gasteiger partial charge in [0.15, 0.2) is 0 Å². The van der Waals surface area contributed by atoms with E-state index in [1.54, 1.807) is 12.1 Å². The molecule has 0 unspecified atom stereocenters. The highest BCUT2D eigenvalue weighted by Crippen LogP contribution is 2.44. The number of benzene rings is 3. The SMILES string of the molecule is CC1(C)OB(C(=Cc2ccc(Cl)cc2Cl)CNC(=O)OCC2c3ccccc3-c3ccccc32)OC1(C)C. The van der Waals surface area contributed by atoms with Crippen LogP contribution in [0.3, 0.4) is 0 Å². The highest BCUT2D eigenvalue weighted by Gasteiger charge is 2.52. The van der Waals surface area contributed by atoms with Crippen molar-refractivity contribution in [2.24, 2.45) is 0 Å². The molecule has 0 bridgehead atoms. The van der Waals surface area contributed by atoms with Crippen molar-refractivity contribution < 1.29 is 18.8 Å². The van der Waals surface area contributed by atoms with E-state index < -0.39 is 24.4 Å². The number of rotatable bonds is 6. The van der Waals surface area contributed by atoms with Gasteiger partial charge >= 0.3 is 13.2 Å². The quantitative estimate of drug-likeness (QED) is 0.322. The van der Waals surface area contributed by atoms with Crippen LogP contribution >= 0.6 is 23.2 Å². The first-order chi connectivity index (χ1) is 18.1. The summed E-state index contributed by atoms with van der Waals surface area (Å²) in [6.45, 7) is 8.33. The Hall–Kier alpha value is -2.77. The lowest BCUT2D eigenvalue weighted by Crippen LogP contribution is -2.41. The average molecular weight is 550 g/mol. The maximum absolute atomic E-state index is 12.9. The molecular formula is C30H30BCl2NO4. The molecule has 2 aliphatic rings. The first-order valence-corrected chi connectivity index (χ1v) is 13.4. The number of carbonyl (C=O) groups excluding carboxylic acids is 1. The first-order valence-electron chi connectivity index (χ1n) is 12.7. The molecule has 5 rings (SSSR count). The Morgan fingerprint density at radius 2 is 1.53 bits per heavy atom. The van der Waals surface area contributed by atoms with Gasteiger partial charge in [-0.3, -0.25) is 0 Å². The number of fused-ring (bicyclic) bond motifs is 3.